The molecule has 1 amide bonds. The molecule has 0 unspecified atom stereocenters. The van der Waals surface area contributed by atoms with E-state index in [9.17, 15) is 15.0 Å². The molecule has 6 nitrogen and oxygen atoms in total. The standard InChI is InChI=1S/C27H39NO5Si/c1-27(2,3)34(4,5)33-25-17-22(24(30)18-29)28(23(25)16-20-12-8-6-9-13-20)26(31)32-19-21-14-10-7-11-15-21/h6-15,22-25,29-30H,16-19H2,1-5H3/t22-,23-,24-,25-/m0/s1. The Balaban J connectivity index is 1.91. The zero-order valence-electron chi connectivity index (χ0n) is 21.0. The number of hydrogen-bond acceptors (Lipinski definition) is 5. The topological polar surface area (TPSA) is 79.2 Å². The van der Waals surface area contributed by atoms with E-state index >= 15 is 0 Å². The Labute approximate surface area is 204 Å². The maximum atomic E-state index is 13.4. The zero-order valence-corrected chi connectivity index (χ0v) is 22.0. The molecule has 1 aliphatic rings. The van der Waals surface area contributed by atoms with Gasteiger partial charge >= 0.3 is 6.09 Å². The lowest BCUT2D eigenvalue weighted by atomic mass is 10.0. The van der Waals surface area contributed by atoms with Gasteiger partial charge in [0.2, 0.25) is 0 Å². The molecule has 0 spiro atoms. The number of aliphatic hydroxyl groups excluding tert-OH is 2. The highest BCUT2D eigenvalue weighted by Crippen LogP contribution is 2.41. The van der Waals surface area contributed by atoms with Crippen molar-refractivity contribution in [1.82, 2.24) is 4.90 Å². The summed E-state index contributed by atoms with van der Waals surface area (Å²) in [6.45, 7) is 10.7. The molecule has 0 bridgehead atoms. The van der Waals surface area contributed by atoms with Crippen molar-refractivity contribution in [2.45, 2.75) is 82.6 Å². The van der Waals surface area contributed by atoms with E-state index in [0.717, 1.165) is 11.1 Å². The van der Waals surface area contributed by atoms with Crippen LogP contribution in [-0.4, -0.2) is 60.4 Å². The summed E-state index contributed by atoms with van der Waals surface area (Å²) >= 11 is 0. The molecule has 7 heteroatoms. The normalized spacial score (nSPS) is 22.0. The van der Waals surface area contributed by atoms with Crippen molar-refractivity contribution in [1.29, 1.82) is 0 Å². The molecule has 0 aliphatic carbocycles. The molecule has 3 rings (SSSR count). The average Bonchev–Trinajstić information content (AvgIpc) is 3.14. The van der Waals surface area contributed by atoms with Crippen molar-refractivity contribution in [2.24, 2.45) is 0 Å². The first kappa shape index (κ1) is 26.4. The number of carbonyl (C=O) groups excluding carboxylic acids is 1. The van der Waals surface area contributed by atoms with Gasteiger partial charge in [0.05, 0.1) is 30.9 Å². The Morgan fingerprint density at radius 2 is 1.62 bits per heavy atom. The monoisotopic (exact) mass is 485 g/mol. The van der Waals surface area contributed by atoms with Crippen LogP contribution in [0.4, 0.5) is 4.79 Å². The van der Waals surface area contributed by atoms with Gasteiger partial charge in [-0.2, -0.15) is 0 Å². The Bertz CT molecular complexity index is 916. The fourth-order valence-electron chi connectivity index (χ4n) is 4.23. The third kappa shape index (κ3) is 6.27. The Morgan fingerprint density at radius 1 is 1.06 bits per heavy atom. The number of hydrogen-bond donors (Lipinski definition) is 2. The summed E-state index contributed by atoms with van der Waals surface area (Å²) < 4.78 is 12.5. The van der Waals surface area contributed by atoms with Crippen LogP contribution in [0.5, 0.6) is 0 Å². The van der Waals surface area contributed by atoms with Crippen LogP contribution in [-0.2, 0) is 22.2 Å². The number of likely N-dealkylation sites (tertiary alicyclic amines) is 1. The lowest BCUT2D eigenvalue weighted by Crippen LogP contribution is -2.51. The predicted octanol–water partition coefficient (Wildman–Crippen LogP) is 4.75. The number of amides is 1. The Hall–Kier alpha value is -2.19. The van der Waals surface area contributed by atoms with Crippen molar-refractivity contribution in [3.8, 4) is 0 Å². The SMILES string of the molecule is CC(C)(C)[Si](C)(C)O[C@H]1C[C@@H]([C@@H](O)CO)N(C(=O)OCc2ccccc2)[C@H]1Cc1ccccc1. The first-order valence-corrected chi connectivity index (χ1v) is 14.9. The second kappa shape index (κ2) is 11.0. The number of aliphatic hydroxyl groups is 2. The minimum atomic E-state index is -2.16. The van der Waals surface area contributed by atoms with Gasteiger partial charge in [-0.1, -0.05) is 81.4 Å². The fourth-order valence-corrected chi connectivity index (χ4v) is 5.59. The van der Waals surface area contributed by atoms with Gasteiger partial charge in [0.15, 0.2) is 8.32 Å². The Morgan fingerprint density at radius 3 is 2.15 bits per heavy atom. The van der Waals surface area contributed by atoms with Crippen LogP contribution < -0.4 is 0 Å². The average molecular weight is 486 g/mol. The van der Waals surface area contributed by atoms with E-state index in [1.165, 1.54) is 0 Å². The first-order valence-electron chi connectivity index (χ1n) is 12.0. The van der Waals surface area contributed by atoms with Gasteiger partial charge in [0.1, 0.15) is 6.61 Å². The molecule has 1 fully saturated rings. The molecule has 186 valence electrons. The van der Waals surface area contributed by atoms with Crippen molar-refractivity contribution in [3.05, 3.63) is 71.8 Å². The first-order chi connectivity index (χ1) is 16.0. The molecule has 1 saturated heterocycles. The molecule has 34 heavy (non-hydrogen) atoms. The molecule has 2 aromatic carbocycles. The van der Waals surface area contributed by atoms with Crippen molar-refractivity contribution >= 4 is 14.4 Å². The van der Waals surface area contributed by atoms with Crippen LogP contribution in [0.2, 0.25) is 18.1 Å². The van der Waals surface area contributed by atoms with Crippen LogP contribution in [0, 0.1) is 0 Å². The van der Waals surface area contributed by atoms with E-state index in [-0.39, 0.29) is 23.8 Å². The minimum absolute atomic E-state index is 0.00335. The van der Waals surface area contributed by atoms with Crippen LogP contribution in [0.3, 0.4) is 0 Å². The van der Waals surface area contributed by atoms with Gasteiger partial charge < -0.3 is 19.4 Å². The highest BCUT2D eigenvalue weighted by molar-refractivity contribution is 6.74. The van der Waals surface area contributed by atoms with Crippen LogP contribution in [0.25, 0.3) is 0 Å². The number of carbonyl (C=O) groups is 1. The van der Waals surface area contributed by atoms with Gasteiger partial charge in [-0.05, 0) is 42.1 Å². The maximum absolute atomic E-state index is 13.4. The van der Waals surface area contributed by atoms with E-state index in [4.69, 9.17) is 9.16 Å². The Kier molecular flexibility index (Phi) is 8.57. The zero-order chi connectivity index (χ0) is 24.9. The molecular formula is C27H39NO5Si. The number of rotatable bonds is 8. The molecule has 0 saturated carbocycles. The van der Waals surface area contributed by atoms with Crippen molar-refractivity contribution in [2.75, 3.05) is 6.61 Å². The van der Waals surface area contributed by atoms with E-state index in [1.54, 1.807) is 4.90 Å². The van der Waals surface area contributed by atoms with Crippen LogP contribution in [0.15, 0.2) is 60.7 Å². The van der Waals surface area contributed by atoms with Gasteiger partial charge in [0, 0.05) is 0 Å². The summed E-state index contributed by atoms with van der Waals surface area (Å²) in [5, 5.41) is 20.4. The lowest BCUT2D eigenvalue weighted by molar-refractivity contribution is 0.00928. The molecule has 0 radical (unpaired) electrons. The summed E-state index contributed by atoms with van der Waals surface area (Å²) in [6, 6.07) is 18.6. The fraction of sp³-hybridized carbons (Fsp3) is 0.519. The molecular weight excluding hydrogens is 446 g/mol. The second-order valence-corrected chi connectivity index (χ2v) is 15.4. The smallest absolute Gasteiger partial charge is 0.410 e. The quantitative estimate of drug-likeness (QED) is 0.528. The molecule has 2 N–H and O–H groups in total. The molecule has 4 atom stereocenters. The summed E-state index contributed by atoms with van der Waals surface area (Å²) in [6.07, 6.45) is -0.808. The maximum Gasteiger partial charge on any atom is 0.410 e. The molecule has 1 heterocycles. The van der Waals surface area contributed by atoms with Gasteiger partial charge in [-0.15, -0.1) is 0 Å². The van der Waals surface area contributed by atoms with E-state index < -0.39 is 33.2 Å². The van der Waals surface area contributed by atoms with Gasteiger partial charge in [-0.3, -0.25) is 4.90 Å². The summed E-state index contributed by atoms with van der Waals surface area (Å²) in [4.78, 5) is 15.0. The predicted molar refractivity (Wildman–Crippen MR) is 136 cm³/mol. The third-order valence-corrected chi connectivity index (χ3v) is 11.7. The van der Waals surface area contributed by atoms with Crippen LogP contribution >= 0.6 is 0 Å². The van der Waals surface area contributed by atoms with Gasteiger partial charge in [-0.25, -0.2) is 4.79 Å². The molecule has 1 aliphatic heterocycles. The highest BCUT2D eigenvalue weighted by Gasteiger charge is 2.51. The highest BCUT2D eigenvalue weighted by atomic mass is 28.4. The largest absolute Gasteiger partial charge is 0.445 e. The molecule has 0 aromatic heterocycles. The van der Waals surface area contributed by atoms with E-state index in [0.29, 0.717) is 12.8 Å². The van der Waals surface area contributed by atoms with Crippen molar-refractivity contribution in [3.63, 3.8) is 0 Å². The van der Waals surface area contributed by atoms with Gasteiger partial charge in [0.25, 0.3) is 0 Å². The second-order valence-electron chi connectivity index (χ2n) is 10.7. The van der Waals surface area contributed by atoms with E-state index in [1.807, 2.05) is 60.7 Å². The number of ether oxygens (including phenoxy) is 1. The number of nitrogens with zero attached hydrogens (tertiary/aromatic N) is 1. The van der Waals surface area contributed by atoms with Crippen molar-refractivity contribution < 1.29 is 24.2 Å². The number of benzene rings is 2. The van der Waals surface area contributed by atoms with Crippen LogP contribution in [0.1, 0.15) is 38.3 Å². The third-order valence-electron chi connectivity index (χ3n) is 7.20. The minimum Gasteiger partial charge on any atom is -0.445 e. The lowest BCUT2D eigenvalue weighted by Gasteiger charge is -2.40. The summed E-state index contributed by atoms with van der Waals surface area (Å²) in [7, 11) is -2.16. The summed E-state index contributed by atoms with van der Waals surface area (Å²) in [5.74, 6) is 0. The molecule has 2 aromatic rings. The van der Waals surface area contributed by atoms with E-state index in [2.05, 4.69) is 33.9 Å². The summed E-state index contributed by atoms with van der Waals surface area (Å²) in [5.41, 5.74) is 1.97.